The number of anilines is 1. The second-order valence-corrected chi connectivity index (χ2v) is 8.35. The summed E-state index contributed by atoms with van der Waals surface area (Å²) in [6, 6.07) is 13.3. The Bertz CT molecular complexity index is 1180. The summed E-state index contributed by atoms with van der Waals surface area (Å²) in [6.07, 6.45) is 2.99. The highest BCUT2D eigenvalue weighted by atomic mass is 79.9. The van der Waals surface area contributed by atoms with Crippen LogP contribution in [0.15, 0.2) is 77.2 Å². The summed E-state index contributed by atoms with van der Waals surface area (Å²) >= 11 is 3.55. The van der Waals surface area contributed by atoms with Gasteiger partial charge in [-0.3, -0.25) is 0 Å². The second-order valence-electron chi connectivity index (χ2n) is 7.44. The van der Waals surface area contributed by atoms with Gasteiger partial charge in [-0.2, -0.15) is 10.1 Å². The van der Waals surface area contributed by atoms with E-state index < -0.39 is 12.0 Å². The van der Waals surface area contributed by atoms with Gasteiger partial charge in [0.25, 0.3) is 0 Å². The molecule has 2 heterocycles. The van der Waals surface area contributed by atoms with E-state index in [0.29, 0.717) is 29.6 Å². The number of aryl methyl sites for hydroxylation is 1. The van der Waals surface area contributed by atoms with Crippen molar-refractivity contribution in [3.8, 4) is 5.75 Å². The van der Waals surface area contributed by atoms with Crippen molar-refractivity contribution in [2.24, 2.45) is 0 Å². The number of carbonyl (C=O) groups excluding carboxylic acids is 1. The number of halogens is 1. The highest BCUT2D eigenvalue weighted by Gasteiger charge is 2.36. The SMILES string of the molecule is C=CCOC(=O)C1=C(C)Nc2ncnn2C1c1cc(Br)ccc1OCc1ccc(C)cc1. The Balaban J connectivity index is 1.75. The van der Waals surface area contributed by atoms with Crippen molar-refractivity contribution in [2.75, 3.05) is 11.9 Å². The van der Waals surface area contributed by atoms with Gasteiger partial charge in [0, 0.05) is 15.7 Å². The van der Waals surface area contributed by atoms with Crippen LogP contribution in [-0.4, -0.2) is 27.3 Å². The maximum atomic E-state index is 13.0. The summed E-state index contributed by atoms with van der Waals surface area (Å²) in [5.74, 6) is 0.728. The summed E-state index contributed by atoms with van der Waals surface area (Å²) in [6.45, 7) is 8.00. The standard InChI is InChI=1S/C24H23BrN4O3/c1-4-11-31-23(30)21-16(3)28-24-26-14-27-29(24)22(21)19-12-18(25)9-10-20(19)32-13-17-7-5-15(2)6-8-17/h4-10,12,14,22H,1,11,13H2,2-3H3,(H,26,27,28). The van der Waals surface area contributed by atoms with Crippen LogP contribution in [0.3, 0.4) is 0 Å². The summed E-state index contributed by atoms with van der Waals surface area (Å²) < 4.78 is 14.1. The Morgan fingerprint density at radius 1 is 1.25 bits per heavy atom. The van der Waals surface area contributed by atoms with Gasteiger partial charge in [-0.15, -0.1) is 0 Å². The number of ether oxygens (including phenoxy) is 2. The minimum Gasteiger partial charge on any atom is -0.489 e. The van der Waals surface area contributed by atoms with Gasteiger partial charge in [0.05, 0.1) is 5.57 Å². The summed E-state index contributed by atoms with van der Waals surface area (Å²) in [5, 5.41) is 7.50. The normalized spacial score (nSPS) is 15.0. The lowest BCUT2D eigenvalue weighted by Gasteiger charge is -2.29. The third kappa shape index (κ3) is 4.45. The molecule has 0 bridgehead atoms. The number of allylic oxidation sites excluding steroid dienone is 1. The lowest BCUT2D eigenvalue weighted by atomic mass is 9.95. The van der Waals surface area contributed by atoms with Gasteiger partial charge < -0.3 is 14.8 Å². The van der Waals surface area contributed by atoms with E-state index in [2.05, 4.69) is 50.0 Å². The highest BCUT2D eigenvalue weighted by Crippen LogP contribution is 2.40. The number of hydrogen-bond donors (Lipinski definition) is 1. The van der Waals surface area contributed by atoms with Gasteiger partial charge in [0.1, 0.15) is 31.3 Å². The Morgan fingerprint density at radius 3 is 2.78 bits per heavy atom. The van der Waals surface area contributed by atoms with Crippen LogP contribution in [0.25, 0.3) is 0 Å². The summed E-state index contributed by atoms with van der Waals surface area (Å²) in [5.41, 5.74) is 4.09. The van der Waals surface area contributed by atoms with Crippen molar-refractivity contribution >= 4 is 27.8 Å². The molecule has 1 aliphatic rings. The molecule has 0 radical (unpaired) electrons. The van der Waals surface area contributed by atoms with E-state index in [0.717, 1.165) is 15.6 Å². The zero-order valence-electron chi connectivity index (χ0n) is 17.8. The van der Waals surface area contributed by atoms with Crippen LogP contribution in [0.4, 0.5) is 5.95 Å². The molecule has 8 heteroatoms. The number of aromatic nitrogens is 3. The molecule has 164 valence electrons. The van der Waals surface area contributed by atoms with E-state index in [9.17, 15) is 4.79 Å². The van der Waals surface area contributed by atoms with Crippen molar-refractivity contribution < 1.29 is 14.3 Å². The Morgan fingerprint density at radius 2 is 2.03 bits per heavy atom. The van der Waals surface area contributed by atoms with Crippen LogP contribution in [0.2, 0.25) is 0 Å². The quantitative estimate of drug-likeness (QED) is 0.370. The minimum atomic E-state index is -0.573. The topological polar surface area (TPSA) is 78.3 Å². The molecule has 1 N–H and O–H groups in total. The van der Waals surface area contributed by atoms with Gasteiger partial charge in [-0.25, -0.2) is 9.48 Å². The van der Waals surface area contributed by atoms with E-state index in [1.807, 2.05) is 44.2 Å². The number of benzene rings is 2. The van der Waals surface area contributed by atoms with E-state index >= 15 is 0 Å². The Labute approximate surface area is 194 Å². The molecule has 2 aromatic carbocycles. The lowest BCUT2D eigenvalue weighted by Crippen LogP contribution is -2.30. The zero-order chi connectivity index (χ0) is 22.7. The van der Waals surface area contributed by atoms with Crippen LogP contribution in [0.5, 0.6) is 5.75 Å². The van der Waals surface area contributed by atoms with Crippen LogP contribution < -0.4 is 10.1 Å². The molecule has 1 unspecified atom stereocenters. The third-order valence-electron chi connectivity index (χ3n) is 5.13. The summed E-state index contributed by atoms with van der Waals surface area (Å²) in [4.78, 5) is 17.3. The number of esters is 1. The zero-order valence-corrected chi connectivity index (χ0v) is 19.4. The maximum Gasteiger partial charge on any atom is 0.338 e. The van der Waals surface area contributed by atoms with Gasteiger partial charge in [-0.05, 0) is 37.6 Å². The van der Waals surface area contributed by atoms with Crippen molar-refractivity contribution in [1.82, 2.24) is 14.8 Å². The smallest absolute Gasteiger partial charge is 0.338 e. The molecular formula is C24H23BrN4O3. The molecule has 1 aliphatic heterocycles. The van der Waals surface area contributed by atoms with E-state index in [4.69, 9.17) is 9.47 Å². The Kier molecular flexibility index (Phi) is 6.41. The largest absolute Gasteiger partial charge is 0.489 e. The molecule has 1 aromatic heterocycles. The maximum absolute atomic E-state index is 13.0. The lowest BCUT2D eigenvalue weighted by molar-refractivity contribution is -0.138. The first kappa shape index (κ1) is 21.8. The molecule has 0 saturated heterocycles. The van der Waals surface area contributed by atoms with Crippen LogP contribution in [-0.2, 0) is 16.1 Å². The molecule has 0 amide bonds. The number of nitrogens with one attached hydrogen (secondary N) is 1. The van der Waals surface area contributed by atoms with Crippen LogP contribution in [0, 0.1) is 6.92 Å². The molecule has 0 saturated carbocycles. The fraction of sp³-hybridized carbons (Fsp3) is 0.208. The predicted octanol–water partition coefficient (Wildman–Crippen LogP) is 4.95. The number of fused-ring (bicyclic) bond motifs is 1. The van der Waals surface area contributed by atoms with Crippen LogP contribution in [0.1, 0.15) is 29.7 Å². The highest BCUT2D eigenvalue weighted by molar-refractivity contribution is 9.10. The van der Waals surface area contributed by atoms with E-state index in [1.165, 1.54) is 18.0 Å². The molecule has 0 fully saturated rings. The van der Waals surface area contributed by atoms with Gasteiger partial charge in [0.2, 0.25) is 5.95 Å². The predicted molar refractivity (Wildman–Crippen MR) is 125 cm³/mol. The molecule has 1 atom stereocenters. The van der Waals surface area contributed by atoms with Gasteiger partial charge in [-0.1, -0.05) is 58.4 Å². The van der Waals surface area contributed by atoms with Gasteiger partial charge >= 0.3 is 5.97 Å². The van der Waals surface area contributed by atoms with E-state index in [1.54, 1.807) is 4.68 Å². The molecule has 7 nitrogen and oxygen atoms in total. The molecule has 0 spiro atoms. The Hall–Kier alpha value is -3.39. The average Bonchev–Trinajstić information content (AvgIpc) is 3.24. The number of rotatable bonds is 7. The number of nitrogens with zero attached hydrogens (tertiary/aromatic N) is 3. The third-order valence-corrected chi connectivity index (χ3v) is 5.62. The molecular weight excluding hydrogens is 472 g/mol. The van der Waals surface area contributed by atoms with Crippen molar-refractivity contribution in [3.63, 3.8) is 0 Å². The first-order valence-electron chi connectivity index (χ1n) is 10.1. The molecule has 32 heavy (non-hydrogen) atoms. The fourth-order valence-corrected chi connectivity index (χ4v) is 3.94. The van der Waals surface area contributed by atoms with Crippen molar-refractivity contribution in [1.29, 1.82) is 0 Å². The summed E-state index contributed by atoms with van der Waals surface area (Å²) in [7, 11) is 0. The molecule has 4 rings (SSSR count). The van der Waals surface area contributed by atoms with Crippen molar-refractivity contribution in [2.45, 2.75) is 26.5 Å². The van der Waals surface area contributed by atoms with Crippen molar-refractivity contribution in [3.05, 3.63) is 93.9 Å². The molecule has 0 aliphatic carbocycles. The molecule has 3 aromatic rings. The van der Waals surface area contributed by atoms with Gasteiger partial charge in [0.15, 0.2) is 0 Å². The van der Waals surface area contributed by atoms with E-state index in [-0.39, 0.29) is 6.61 Å². The number of hydrogen-bond acceptors (Lipinski definition) is 6. The monoisotopic (exact) mass is 494 g/mol. The fourth-order valence-electron chi connectivity index (χ4n) is 3.57. The van der Waals surface area contributed by atoms with Crippen LogP contribution >= 0.6 is 15.9 Å². The minimum absolute atomic E-state index is 0.113. The number of carbonyl (C=O) groups is 1. The average molecular weight is 495 g/mol. The first-order valence-corrected chi connectivity index (χ1v) is 10.9. The first-order chi connectivity index (χ1) is 15.5. The second kappa shape index (κ2) is 9.40.